The summed E-state index contributed by atoms with van der Waals surface area (Å²) in [5.41, 5.74) is 2.91. The predicted octanol–water partition coefficient (Wildman–Crippen LogP) is 6.23. The summed E-state index contributed by atoms with van der Waals surface area (Å²) in [4.78, 5) is 8.94. The fraction of sp³-hybridized carbons (Fsp3) is 0.156. The van der Waals surface area contributed by atoms with Crippen LogP contribution in [0.15, 0.2) is 130 Å². The molecule has 0 radical (unpaired) electrons. The zero-order chi connectivity index (χ0) is 27.5. The van der Waals surface area contributed by atoms with Gasteiger partial charge in [-0.15, -0.1) is 0 Å². The minimum atomic E-state index is -3.96. The second-order valence-corrected chi connectivity index (χ2v) is 11.6. The number of sulfone groups is 1. The minimum Gasteiger partial charge on any atom is -0.419 e. The molecule has 5 aromatic rings. The summed E-state index contributed by atoms with van der Waals surface area (Å²) >= 11 is 0. The van der Waals surface area contributed by atoms with Gasteiger partial charge in [-0.05, 0) is 47.5 Å². The molecule has 6 rings (SSSR count). The molecule has 8 heteroatoms. The lowest BCUT2D eigenvalue weighted by Crippen LogP contribution is -2.48. The van der Waals surface area contributed by atoms with E-state index in [9.17, 15) is 12.8 Å². The van der Waals surface area contributed by atoms with E-state index < -0.39 is 15.7 Å². The van der Waals surface area contributed by atoms with Gasteiger partial charge in [0, 0.05) is 31.7 Å². The van der Waals surface area contributed by atoms with Crippen molar-refractivity contribution in [3.63, 3.8) is 0 Å². The second kappa shape index (κ2) is 11.1. The SMILES string of the molecule is O=S(=O)(c1ccccc1)c1nc(-c2ccc(F)cc2)oc1N1CCN(C(c2ccccc2)c2ccccc2)CC1. The first-order valence-electron chi connectivity index (χ1n) is 13.2. The first kappa shape index (κ1) is 26.0. The van der Waals surface area contributed by atoms with Crippen LogP contribution in [0.4, 0.5) is 10.3 Å². The summed E-state index contributed by atoms with van der Waals surface area (Å²) in [6.07, 6.45) is 0. The van der Waals surface area contributed by atoms with Crippen molar-refractivity contribution >= 4 is 15.7 Å². The van der Waals surface area contributed by atoms with Crippen molar-refractivity contribution in [3.05, 3.63) is 132 Å². The number of nitrogens with zero attached hydrogens (tertiary/aromatic N) is 3. The molecule has 1 aliphatic heterocycles. The zero-order valence-corrected chi connectivity index (χ0v) is 22.5. The van der Waals surface area contributed by atoms with E-state index in [1.807, 2.05) is 41.3 Å². The van der Waals surface area contributed by atoms with Crippen molar-refractivity contribution < 1.29 is 17.2 Å². The van der Waals surface area contributed by atoms with Crippen LogP contribution in [0.3, 0.4) is 0 Å². The van der Waals surface area contributed by atoms with Crippen molar-refractivity contribution in [3.8, 4) is 11.5 Å². The Labute approximate surface area is 233 Å². The maximum Gasteiger partial charge on any atom is 0.236 e. The molecule has 1 fully saturated rings. The Kier molecular flexibility index (Phi) is 7.19. The molecule has 202 valence electrons. The van der Waals surface area contributed by atoms with Crippen molar-refractivity contribution in [2.45, 2.75) is 16.0 Å². The van der Waals surface area contributed by atoms with Gasteiger partial charge in [0.15, 0.2) is 0 Å². The Morgan fingerprint density at radius 1 is 0.700 bits per heavy atom. The summed E-state index contributed by atoms with van der Waals surface area (Å²) in [6, 6.07) is 34.7. The van der Waals surface area contributed by atoms with Crippen LogP contribution in [-0.2, 0) is 9.84 Å². The highest BCUT2D eigenvalue weighted by molar-refractivity contribution is 7.91. The van der Waals surface area contributed by atoms with E-state index in [0.717, 1.165) is 0 Å². The van der Waals surface area contributed by atoms with E-state index in [1.165, 1.54) is 35.4 Å². The van der Waals surface area contributed by atoms with E-state index in [2.05, 4.69) is 34.1 Å². The van der Waals surface area contributed by atoms with Gasteiger partial charge in [0.25, 0.3) is 0 Å². The third-order valence-corrected chi connectivity index (χ3v) is 8.84. The summed E-state index contributed by atoms with van der Waals surface area (Å²) in [5, 5.41) is -0.130. The topological polar surface area (TPSA) is 66.7 Å². The molecule has 0 bridgehead atoms. The third-order valence-electron chi connectivity index (χ3n) is 7.18. The van der Waals surface area contributed by atoms with Crippen molar-refractivity contribution in [2.24, 2.45) is 0 Å². The molecule has 0 saturated carbocycles. The van der Waals surface area contributed by atoms with Crippen LogP contribution in [-0.4, -0.2) is 44.5 Å². The molecule has 0 aliphatic carbocycles. The van der Waals surface area contributed by atoms with E-state index in [1.54, 1.807) is 30.3 Å². The number of oxazole rings is 1. The normalized spacial score (nSPS) is 14.5. The van der Waals surface area contributed by atoms with Crippen molar-refractivity contribution in [1.29, 1.82) is 0 Å². The smallest absolute Gasteiger partial charge is 0.236 e. The molecular formula is C32H28FN3O3S. The Morgan fingerprint density at radius 3 is 1.77 bits per heavy atom. The van der Waals surface area contributed by atoms with Gasteiger partial charge in [-0.1, -0.05) is 78.9 Å². The molecule has 40 heavy (non-hydrogen) atoms. The van der Waals surface area contributed by atoms with E-state index in [-0.39, 0.29) is 27.7 Å². The highest BCUT2D eigenvalue weighted by Crippen LogP contribution is 2.36. The van der Waals surface area contributed by atoms with Crippen LogP contribution in [0, 0.1) is 5.82 Å². The van der Waals surface area contributed by atoms with Gasteiger partial charge in [-0.2, -0.15) is 4.98 Å². The Bertz CT molecular complexity index is 1630. The van der Waals surface area contributed by atoms with Gasteiger partial charge in [0.05, 0.1) is 10.9 Å². The summed E-state index contributed by atoms with van der Waals surface area (Å²) in [5.74, 6) is -0.0487. The van der Waals surface area contributed by atoms with Crippen molar-refractivity contribution in [1.82, 2.24) is 9.88 Å². The van der Waals surface area contributed by atoms with Gasteiger partial charge in [0.2, 0.25) is 26.6 Å². The number of piperazine rings is 1. The molecule has 1 aliphatic rings. The quantitative estimate of drug-likeness (QED) is 0.238. The summed E-state index contributed by atoms with van der Waals surface area (Å²) < 4.78 is 47.2. The summed E-state index contributed by atoms with van der Waals surface area (Å²) in [7, 11) is -3.96. The number of benzene rings is 4. The van der Waals surface area contributed by atoms with E-state index in [0.29, 0.717) is 31.7 Å². The molecule has 2 heterocycles. The van der Waals surface area contributed by atoms with Crippen LogP contribution in [0.25, 0.3) is 11.5 Å². The molecule has 0 spiro atoms. The first-order chi connectivity index (χ1) is 19.5. The predicted molar refractivity (Wildman–Crippen MR) is 152 cm³/mol. The molecule has 1 saturated heterocycles. The Morgan fingerprint density at radius 2 is 1.23 bits per heavy atom. The summed E-state index contributed by atoms with van der Waals surface area (Å²) in [6.45, 7) is 2.47. The lowest BCUT2D eigenvalue weighted by atomic mass is 9.96. The maximum atomic E-state index is 13.7. The molecule has 0 unspecified atom stereocenters. The average Bonchev–Trinajstić information content (AvgIpc) is 3.46. The van der Waals surface area contributed by atoms with Gasteiger partial charge in [-0.3, -0.25) is 4.90 Å². The molecule has 0 amide bonds. The molecule has 1 aromatic heterocycles. The highest BCUT2D eigenvalue weighted by Gasteiger charge is 2.34. The van der Waals surface area contributed by atoms with Crippen LogP contribution >= 0.6 is 0 Å². The molecular weight excluding hydrogens is 525 g/mol. The maximum absolute atomic E-state index is 13.7. The molecule has 4 aromatic carbocycles. The monoisotopic (exact) mass is 553 g/mol. The van der Waals surface area contributed by atoms with Gasteiger partial charge in [-0.25, -0.2) is 12.8 Å². The lowest BCUT2D eigenvalue weighted by molar-refractivity contribution is 0.209. The zero-order valence-electron chi connectivity index (χ0n) is 21.7. The fourth-order valence-corrected chi connectivity index (χ4v) is 6.51. The van der Waals surface area contributed by atoms with Crippen LogP contribution < -0.4 is 4.90 Å². The van der Waals surface area contributed by atoms with Gasteiger partial charge >= 0.3 is 0 Å². The van der Waals surface area contributed by atoms with E-state index >= 15 is 0 Å². The Hall–Kier alpha value is -4.27. The number of halogens is 1. The molecule has 6 nitrogen and oxygen atoms in total. The standard InChI is InChI=1S/C32H28FN3O3S/c33-27-18-16-26(17-19-27)30-34-31(40(37,38)28-14-8-3-9-15-28)32(39-30)36-22-20-35(21-23-36)29(24-10-4-1-5-11-24)25-12-6-2-7-13-25/h1-19,29H,20-23H2. The first-order valence-corrected chi connectivity index (χ1v) is 14.6. The van der Waals surface area contributed by atoms with Gasteiger partial charge < -0.3 is 9.32 Å². The van der Waals surface area contributed by atoms with Crippen LogP contribution in [0.1, 0.15) is 17.2 Å². The lowest BCUT2D eigenvalue weighted by Gasteiger charge is -2.39. The molecule has 0 N–H and O–H groups in total. The number of rotatable bonds is 7. The number of aromatic nitrogens is 1. The average molecular weight is 554 g/mol. The largest absolute Gasteiger partial charge is 0.419 e. The second-order valence-electron chi connectivity index (χ2n) is 9.70. The van der Waals surface area contributed by atoms with Crippen molar-refractivity contribution in [2.75, 3.05) is 31.1 Å². The minimum absolute atomic E-state index is 0.0709. The number of anilines is 1. The van der Waals surface area contributed by atoms with Crippen LogP contribution in [0.5, 0.6) is 0 Å². The fourth-order valence-electron chi connectivity index (χ4n) is 5.17. The highest BCUT2D eigenvalue weighted by atomic mass is 32.2. The third kappa shape index (κ3) is 5.15. The van der Waals surface area contributed by atoms with Gasteiger partial charge in [0.1, 0.15) is 5.82 Å². The number of hydrogen-bond acceptors (Lipinski definition) is 6. The number of hydrogen-bond donors (Lipinski definition) is 0. The Balaban J connectivity index is 1.33. The molecule has 0 atom stereocenters. The van der Waals surface area contributed by atoms with Crippen LogP contribution in [0.2, 0.25) is 0 Å². The van der Waals surface area contributed by atoms with E-state index in [4.69, 9.17) is 4.42 Å².